The maximum absolute atomic E-state index is 12.2. The fraction of sp³-hybridized carbons (Fsp3) is 0.923. The number of nitrogens with two attached hydrogens (primary N) is 1. The van der Waals surface area contributed by atoms with Gasteiger partial charge in [-0.2, -0.15) is 0 Å². The summed E-state index contributed by atoms with van der Waals surface area (Å²) in [6.45, 7) is 7.01. The molecule has 0 aromatic carbocycles. The maximum Gasteiger partial charge on any atom is 0.223 e. The molecule has 0 saturated heterocycles. The summed E-state index contributed by atoms with van der Waals surface area (Å²) in [5.74, 6) is 1.01. The topological polar surface area (TPSA) is 55.1 Å². The summed E-state index contributed by atoms with van der Waals surface area (Å²) in [6.07, 6.45) is 5.24. The smallest absolute Gasteiger partial charge is 0.223 e. The first-order valence-electron chi connectivity index (χ1n) is 6.54. The predicted molar refractivity (Wildman–Crippen MR) is 67.0 cm³/mol. The average Bonchev–Trinajstić information content (AvgIpc) is 2.65. The summed E-state index contributed by atoms with van der Waals surface area (Å²) >= 11 is 0. The quantitative estimate of drug-likeness (QED) is 0.754. The second-order valence-corrected chi connectivity index (χ2v) is 5.46. The Morgan fingerprint density at radius 3 is 2.62 bits per heavy atom. The van der Waals surface area contributed by atoms with Crippen LogP contribution in [0.3, 0.4) is 0 Å². The molecule has 0 spiro atoms. The van der Waals surface area contributed by atoms with Gasteiger partial charge in [-0.05, 0) is 45.1 Å². The van der Waals surface area contributed by atoms with E-state index in [1.54, 1.807) is 0 Å². The van der Waals surface area contributed by atoms with Gasteiger partial charge in [-0.25, -0.2) is 0 Å². The molecule has 1 fully saturated rings. The molecule has 0 aromatic rings. The van der Waals surface area contributed by atoms with E-state index in [0.717, 1.165) is 19.3 Å². The SMILES string of the molecule is CCC(C)(CCN)NC(=O)C1CCCC1C. The van der Waals surface area contributed by atoms with Crippen molar-refractivity contribution in [1.82, 2.24) is 5.32 Å². The van der Waals surface area contributed by atoms with Crippen LogP contribution in [0.1, 0.15) is 52.9 Å². The molecule has 0 radical (unpaired) electrons. The highest BCUT2D eigenvalue weighted by molar-refractivity contribution is 5.80. The molecule has 3 atom stereocenters. The zero-order valence-corrected chi connectivity index (χ0v) is 10.9. The molecule has 0 aliphatic heterocycles. The van der Waals surface area contributed by atoms with Crippen LogP contribution in [0.2, 0.25) is 0 Å². The number of rotatable bonds is 5. The number of carbonyl (C=O) groups is 1. The zero-order valence-electron chi connectivity index (χ0n) is 10.9. The van der Waals surface area contributed by atoms with E-state index in [4.69, 9.17) is 5.73 Å². The summed E-state index contributed by atoms with van der Waals surface area (Å²) in [5.41, 5.74) is 5.48. The zero-order chi connectivity index (χ0) is 12.2. The van der Waals surface area contributed by atoms with Gasteiger partial charge in [-0.3, -0.25) is 4.79 Å². The van der Waals surface area contributed by atoms with Crippen molar-refractivity contribution in [3.63, 3.8) is 0 Å². The molecule has 1 saturated carbocycles. The van der Waals surface area contributed by atoms with Gasteiger partial charge in [0, 0.05) is 11.5 Å². The second-order valence-electron chi connectivity index (χ2n) is 5.46. The van der Waals surface area contributed by atoms with E-state index in [2.05, 4.69) is 26.1 Å². The monoisotopic (exact) mass is 226 g/mol. The van der Waals surface area contributed by atoms with Gasteiger partial charge in [-0.1, -0.05) is 20.3 Å². The molecule has 1 aliphatic rings. The van der Waals surface area contributed by atoms with Crippen molar-refractivity contribution in [3.05, 3.63) is 0 Å². The van der Waals surface area contributed by atoms with Crippen LogP contribution in [0.25, 0.3) is 0 Å². The molecular weight excluding hydrogens is 200 g/mol. The first kappa shape index (κ1) is 13.5. The van der Waals surface area contributed by atoms with Crippen molar-refractivity contribution in [3.8, 4) is 0 Å². The van der Waals surface area contributed by atoms with Gasteiger partial charge in [0.25, 0.3) is 0 Å². The standard InChI is InChI=1S/C13H26N2O/c1-4-13(3,8-9-14)15-12(16)11-7-5-6-10(11)2/h10-11H,4-9,14H2,1-3H3,(H,15,16). The number of nitrogens with one attached hydrogen (secondary N) is 1. The highest BCUT2D eigenvalue weighted by atomic mass is 16.2. The van der Waals surface area contributed by atoms with E-state index in [-0.39, 0.29) is 17.4 Å². The second kappa shape index (κ2) is 5.67. The van der Waals surface area contributed by atoms with Crippen molar-refractivity contribution < 1.29 is 4.79 Å². The molecule has 94 valence electrons. The fourth-order valence-corrected chi connectivity index (χ4v) is 2.57. The average molecular weight is 226 g/mol. The summed E-state index contributed by atoms with van der Waals surface area (Å²) in [5, 5.41) is 3.20. The minimum atomic E-state index is -0.117. The molecule has 1 amide bonds. The minimum Gasteiger partial charge on any atom is -0.351 e. The third-order valence-corrected chi connectivity index (χ3v) is 4.10. The Morgan fingerprint density at radius 1 is 1.50 bits per heavy atom. The molecule has 3 heteroatoms. The summed E-state index contributed by atoms with van der Waals surface area (Å²) in [4.78, 5) is 12.2. The van der Waals surface area contributed by atoms with Crippen molar-refractivity contribution in [2.75, 3.05) is 6.54 Å². The molecule has 3 N–H and O–H groups in total. The minimum absolute atomic E-state index is 0.117. The van der Waals surface area contributed by atoms with Crippen LogP contribution >= 0.6 is 0 Å². The lowest BCUT2D eigenvalue weighted by Crippen LogP contribution is -2.49. The van der Waals surface area contributed by atoms with Crippen LogP contribution in [0, 0.1) is 11.8 Å². The lowest BCUT2D eigenvalue weighted by Gasteiger charge is -2.31. The molecule has 0 aromatic heterocycles. The number of hydrogen-bond acceptors (Lipinski definition) is 2. The predicted octanol–water partition coefficient (Wildman–Crippen LogP) is 2.06. The van der Waals surface area contributed by atoms with Gasteiger partial charge in [0.1, 0.15) is 0 Å². The number of amides is 1. The Kier molecular flexibility index (Phi) is 4.78. The fourth-order valence-electron chi connectivity index (χ4n) is 2.57. The Bertz CT molecular complexity index is 242. The number of hydrogen-bond donors (Lipinski definition) is 2. The van der Waals surface area contributed by atoms with Crippen LogP contribution in [0.4, 0.5) is 0 Å². The van der Waals surface area contributed by atoms with Crippen molar-refractivity contribution in [2.24, 2.45) is 17.6 Å². The highest BCUT2D eigenvalue weighted by Crippen LogP contribution is 2.32. The van der Waals surface area contributed by atoms with Crippen molar-refractivity contribution in [2.45, 2.75) is 58.4 Å². The van der Waals surface area contributed by atoms with Gasteiger partial charge in [0.15, 0.2) is 0 Å². The van der Waals surface area contributed by atoms with E-state index in [1.807, 2.05) is 0 Å². The Morgan fingerprint density at radius 2 is 2.19 bits per heavy atom. The first-order chi connectivity index (χ1) is 7.52. The van der Waals surface area contributed by atoms with Crippen molar-refractivity contribution >= 4 is 5.91 Å². The highest BCUT2D eigenvalue weighted by Gasteiger charge is 2.33. The Balaban J connectivity index is 2.54. The summed E-state index contributed by atoms with van der Waals surface area (Å²) < 4.78 is 0. The molecule has 16 heavy (non-hydrogen) atoms. The van der Waals surface area contributed by atoms with Crippen LogP contribution in [-0.2, 0) is 4.79 Å². The lowest BCUT2D eigenvalue weighted by atomic mass is 9.91. The molecule has 3 unspecified atom stereocenters. The molecule has 0 heterocycles. The number of carbonyl (C=O) groups excluding carboxylic acids is 1. The summed E-state index contributed by atoms with van der Waals surface area (Å²) in [7, 11) is 0. The normalized spacial score (nSPS) is 28.8. The van der Waals surface area contributed by atoms with E-state index in [0.29, 0.717) is 12.5 Å². The third-order valence-electron chi connectivity index (χ3n) is 4.10. The maximum atomic E-state index is 12.2. The first-order valence-corrected chi connectivity index (χ1v) is 6.54. The van der Waals surface area contributed by atoms with Crippen LogP contribution < -0.4 is 11.1 Å². The third kappa shape index (κ3) is 3.21. The van der Waals surface area contributed by atoms with Gasteiger partial charge in [-0.15, -0.1) is 0 Å². The lowest BCUT2D eigenvalue weighted by molar-refractivity contribution is -0.127. The summed E-state index contributed by atoms with van der Waals surface area (Å²) in [6, 6.07) is 0. The van der Waals surface area contributed by atoms with E-state index in [9.17, 15) is 4.79 Å². The Labute approximate surface area is 99.2 Å². The molecular formula is C13H26N2O. The van der Waals surface area contributed by atoms with Crippen molar-refractivity contribution in [1.29, 1.82) is 0 Å². The largest absolute Gasteiger partial charge is 0.351 e. The van der Waals surface area contributed by atoms with E-state index >= 15 is 0 Å². The van der Waals surface area contributed by atoms with Crippen LogP contribution in [0.5, 0.6) is 0 Å². The van der Waals surface area contributed by atoms with Gasteiger partial charge in [0.2, 0.25) is 5.91 Å². The molecule has 1 rings (SSSR count). The van der Waals surface area contributed by atoms with E-state index in [1.165, 1.54) is 12.8 Å². The molecule has 1 aliphatic carbocycles. The molecule has 0 bridgehead atoms. The van der Waals surface area contributed by atoms with Gasteiger partial charge < -0.3 is 11.1 Å². The van der Waals surface area contributed by atoms with Gasteiger partial charge in [0.05, 0.1) is 0 Å². The Hall–Kier alpha value is -0.570. The van der Waals surface area contributed by atoms with Crippen LogP contribution in [0.15, 0.2) is 0 Å². The molecule has 3 nitrogen and oxygen atoms in total. The van der Waals surface area contributed by atoms with Gasteiger partial charge >= 0.3 is 0 Å². The van der Waals surface area contributed by atoms with E-state index < -0.39 is 0 Å². The van der Waals surface area contributed by atoms with Crippen LogP contribution in [-0.4, -0.2) is 18.0 Å².